The van der Waals surface area contributed by atoms with Crippen molar-refractivity contribution in [3.8, 4) is 0 Å². The normalized spacial score (nSPS) is 13.1. The summed E-state index contributed by atoms with van der Waals surface area (Å²) in [7, 11) is 0. The second-order valence-corrected chi connectivity index (χ2v) is 5.35. The van der Waals surface area contributed by atoms with E-state index in [0.717, 1.165) is 25.3 Å². The molecule has 21 heavy (non-hydrogen) atoms. The van der Waals surface area contributed by atoms with Crippen LogP contribution in [-0.2, 0) is 0 Å². The minimum atomic E-state index is -1.25. The third-order valence-electron chi connectivity index (χ3n) is 3.43. The highest BCUT2D eigenvalue weighted by atomic mass is 16.6. The molecule has 0 aliphatic carbocycles. The van der Waals surface area contributed by atoms with E-state index >= 15 is 0 Å². The van der Waals surface area contributed by atoms with Gasteiger partial charge < -0.3 is 0 Å². The fourth-order valence-corrected chi connectivity index (χ4v) is 2.14. The fraction of sp³-hybridized carbons (Fsp3) is 0.800. The molecule has 0 aliphatic rings. The minimum Gasteiger partial charge on any atom is -0.264 e. The molecule has 0 aromatic carbocycles. The van der Waals surface area contributed by atoms with Crippen molar-refractivity contribution < 1.29 is 9.85 Å². The predicted octanol–water partition coefficient (Wildman–Crippen LogP) is 4.55. The van der Waals surface area contributed by atoms with Gasteiger partial charge in [0.15, 0.2) is 0 Å². The summed E-state index contributed by atoms with van der Waals surface area (Å²) in [5, 5.41) is 21.3. The Hall–Kier alpha value is -1.46. The molecule has 0 fully saturated rings. The molecule has 0 aliphatic heterocycles. The van der Waals surface area contributed by atoms with Crippen LogP contribution in [0.5, 0.6) is 0 Å². The van der Waals surface area contributed by atoms with Gasteiger partial charge in [0.2, 0.25) is 11.7 Å². The zero-order valence-corrected chi connectivity index (χ0v) is 13.0. The van der Waals surface area contributed by atoms with Crippen molar-refractivity contribution in [3.63, 3.8) is 0 Å². The summed E-state index contributed by atoms with van der Waals surface area (Å²) >= 11 is 0. The molecule has 6 heteroatoms. The van der Waals surface area contributed by atoms with E-state index in [4.69, 9.17) is 0 Å². The Bertz CT molecular complexity index is 343. The number of hydrogen-bond donors (Lipinski definition) is 0. The summed E-state index contributed by atoms with van der Waals surface area (Å²) in [6.45, 7) is 5.46. The smallest absolute Gasteiger partial charge is 0.249 e. The molecule has 0 N–H and O–H groups in total. The van der Waals surface area contributed by atoms with Gasteiger partial charge in [-0.15, -0.1) is 0 Å². The maximum Gasteiger partial charge on any atom is 0.249 e. The summed E-state index contributed by atoms with van der Waals surface area (Å²) in [4.78, 5) is 20.1. The van der Waals surface area contributed by atoms with Crippen LogP contribution in [0.2, 0.25) is 0 Å². The van der Waals surface area contributed by atoms with Crippen molar-refractivity contribution >= 4 is 0 Å². The molecule has 0 heterocycles. The SMILES string of the molecule is [CH2]C(C=C(CCCCCCCCCCC)[N+](=O)[O-])[N+](=O)[O-]. The topological polar surface area (TPSA) is 86.3 Å². The maximum absolute atomic E-state index is 10.8. The molecule has 0 bridgehead atoms. The van der Waals surface area contributed by atoms with Gasteiger partial charge in [0.05, 0.1) is 11.0 Å². The fourth-order valence-electron chi connectivity index (χ4n) is 2.14. The van der Waals surface area contributed by atoms with E-state index in [9.17, 15) is 20.2 Å². The van der Waals surface area contributed by atoms with Gasteiger partial charge in [-0.05, 0) is 6.42 Å². The second-order valence-electron chi connectivity index (χ2n) is 5.35. The zero-order valence-electron chi connectivity index (χ0n) is 13.0. The van der Waals surface area contributed by atoms with Crippen molar-refractivity contribution in [2.75, 3.05) is 0 Å². The van der Waals surface area contributed by atoms with Crippen LogP contribution in [0.4, 0.5) is 0 Å². The van der Waals surface area contributed by atoms with Crippen molar-refractivity contribution in [2.24, 2.45) is 0 Å². The monoisotopic (exact) mass is 299 g/mol. The van der Waals surface area contributed by atoms with Crippen molar-refractivity contribution in [2.45, 2.75) is 77.2 Å². The number of allylic oxidation sites excluding steroid dienone is 1. The zero-order chi connectivity index (χ0) is 16.1. The Kier molecular flexibility index (Phi) is 11.4. The molecule has 1 radical (unpaired) electrons. The predicted molar refractivity (Wildman–Crippen MR) is 83.1 cm³/mol. The first-order chi connectivity index (χ1) is 9.99. The molecule has 0 aromatic rings. The van der Waals surface area contributed by atoms with Gasteiger partial charge in [0.1, 0.15) is 0 Å². The van der Waals surface area contributed by atoms with E-state index in [2.05, 4.69) is 13.8 Å². The molecule has 0 saturated heterocycles. The third-order valence-corrected chi connectivity index (χ3v) is 3.43. The van der Waals surface area contributed by atoms with Crippen molar-refractivity contribution in [1.82, 2.24) is 0 Å². The highest BCUT2D eigenvalue weighted by Gasteiger charge is 2.18. The van der Waals surface area contributed by atoms with Gasteiger partial charge >= 0.3 is 0 Å². The van der Waals surface area contributed by atoms with Gasteiger partial charge in [-0.2, -0.15) is 0 Å². The van der Waals surface area contributed by atoms with E-state index < -0.39 is 15.9 Å². The first-order valence-corrected chi connectivity index (χ1v) is 7.80. The molecular weight excluding hydrogens is 272 g/mol. The van der Waals surface area contributed by atoms with Crippen LogP contribution in [0.15, 0.2) is 11.8 Å². The summed E-state index contributed by atoms with van der Waals surface area (Å²) in [6.07, 6.45) is 11.5. The summed E-state index contributed by atoms with van der Waals surface area (Å²) in [5.74, 6) is 0. The molecule has 1 unspecified atom stereocenters. The van der Waals surface area contributed by atoms with Crippen LogP contribution in [0.25, 0.3) is 0 Å². The lowest BCUT2D eigenvalue weighted by atomic mass is 10.1. The molecule has 6 nitrogen and oxygen atoms in total. The summed E-state index contributed by atoms with van der Waals surface area (Å²) in [6, 6.07) is -1.25. The lowest BCUT2D eigenvalue weighted by Gasteiger charge is -2.02. The van der Waals surface area contributed by atoms with Gasteiger partial charge in [-0.3, -0.25) is 20.2 Å². The molecule has 0 saturated carbocycles. The van der Waals surface area contributed by atoms with Crippen LogP contribution in [0, 0.1) is 27.2 Å². The number of hydrogen-bond acceptors (Lipinski definition) is 4. The van der Waals surface area contributed by atoms with E-state index in [1.807, 2.05) is 0 Å². The van der Waals surface area contributed by atoms with Gasteiger partial charge in [0.25, 0.3) is 0 Å². The standard InChI is InChI=1S/C15H27N2O4/c1-3-4-5-6-7-8-9-10-11-12-15(17(20)21)13-14(2)16(18)19/h13-14H,2-12H2,1H3. The van der Waals surface area contributed by atoms with Gasteiger partial charge in [0, 0.05) is 18.3 Å². The molecule has 0 rings (SSSR count). The molecule has 0 amide bonds. The molecule has 0 spiro atoms. The van der Waals surface area contributed by atoms with Crippen LogP contribution in [0.1, 0.15) is 71.1 Å². The highest BCUT2D eigenvalue weighted by molar-refractivity contribution is 4.97. The molecule has 121 valence electrons. The summed E-state index contributed by atoms with van der Waals surface area (Å²) in [5.41, 5.74) is -0.0883. The van der Waals surface area contributed by atoms with Crippen molar-refractivity contribution in [1.29, 1.82) is 0 Å². The van der Waals surface area contributed by atoms with Crippen LogP contribution >= 0.6 is 0 Å². The second kappa shape index (κ2) is 12.3. The Morgan fingerprint density at radius 1 is 1.00 bits per heavy atom. The highest BCUT2D eigenvalue weighted by Crippen LogP contribution is 2.14. The maximum atomic E-state index is 10.8. The molecular formula is C15H27N2O4. The lowest BCUT2D eigenvalue weighted by Crippen LogP contribution is -2.14. The van der Waals surface area contributed by atoms with Crippen LogP contribution in [0.3, 0.4) is 0 Å². The molecule has 0 aromatic heterocycles. The quantitative estimate of drug-likeness (QED) is 0.283. The van der Waals surface area contributed by atoms with E-state index in [0.29, 0.717) is 6.42 Å². The van der Waals surface area contributed by atoms with Crippen molar-refractivity contribution in [3.05, 3.63) is 38.9 Å². The summed E-state index contributed by atoms with van der Waals surface area (Å²) < 4.78 is 0. The van der Waals surface area contributed by atoms with E-state index in [1.165, 1.54) is 32.1 Å². The largest absolute Gasteiger partial charge is 0.264 e. The third kappa shape index (κ3) is 10.9. The van der Waals surface area contributed by atoms with Gasteiger partial charge in [-0.1, -0.05) is 58.3 Å². The average molecular weight is 299 g/mol. The van der Waals surface area contributed by atoms with Crippen LogP contribution in [-0.4, -0.2) is 15.9 Å². The first kappa shape index (κ1) is 19.5. The van der Waals surface area contributed by atoms with Crippen LogP contribution < -0.4 is 0 Å². The first-order valence-electron chi connectivity index (χ1n) is 7.80. The Morgan fingerprint density at radius 2 is 1.48 bits per heavy atom. The Morgan fingerprint density at radius 3 is 1.90 bits per heavy atom. The lowest BCUT2D eigenvalue weighted by molar-refractivity contribution is -0.500. The van der Waals surface area contributed by atoms with Gasteiger partial charge in [-0.25, -0.2) is 0 Å². The molecule has 1 atom stereocenters. The van der Waals surface area contributed by atoms with E-state index in [1.54, 1.807) is 0 Å². The number of nitro groups is 2. The Balaban J connectivity index is 3.81. The van der Waals surface area contributed by atoms with E-state index in [-0.39, 0.29) is 12.1 Å². The number of unbranched alkanes of at least 4 members (excludes halogenated alkanes) is 8. The minimum absolute atomic E-state index is 0.0883. The Labute approximate surface area is 126 Å². The average Bonchev–Trinajstić information content (AvgIpc) is 2.43. The number of nitrogens with zero attached hydrogens (tertiary/aromatic N) is 2. The number of rotatable bonds is 13.